The zero-order valence-electron chi connectivity index (χ0n) is 8.38. The molecule has 1 N–H and O–H groups in total. The summed E-state index contributed by atoms with van der Waals surface area (Å²) >= 11 is 4.44. The molecule has 84 valence electrons. The summed E-state index contributed by atoms with van der Waals surface area (Å²) in [7, 11) is -3.46. The van der Waals surface area contributed by atoms with Crippen molar-refractivity contribution in [2.75, 3.05) is 6.54 Å². The minimum atomic E-state index is -3.46. The largest absolute Gasteiger partial charge is 0.240 e. The molecule has 0 radical (unpaired) electrons. The Bertz CT molecular complexity index is 514. The SMILES string of the molecule is C=CCNS(=O)(=O)c1ccc(N=C=S)cc1. The molecular weight excluding hydrogens is 244 g/mol. The number of hydrogen-bond acceptors (Lipinski definition) is 4. The molecule has 0 aliphatic rings. The van der Waals surface area contributed by atoms with Crippen LogP contribution in [0.2, 0.25) is 0 Å². The van der Waals surface area contributed by atoms with Gasteiger partial charge in [0, 0.05) is 6.54 Å². The standard InChI is InChI=1S/C10H10N2O2S2/c1-2-7-12-16(13,14)10-5-3-9(4-6-10)11-8-15/h2-6,12H,1,7H2. The maximum absolute atomic E-state index is 11.6. The average molecular weight is 254 g/mol. The van der Waals surface area contributed by atoms with E-state index in [-0.39, 0.29) is 11.4 Å². The lowest BCUT2D eigenvalue weighted by Crippen LogP contribution is -2.23. The van der Waals surface area contributed by atoms with Crippen molar-refractivity contribution in [3.8, 4) is 0 Å². The zero-order chi connectivity index (χ0) is 12.0. The van der Waals surface area contributed by atoms with Crippen LogP contribution in [0.1, 0.15) is 0 Å². The van der Waals surface area contributed by atoms with Gasteiger partial charge in [0.2, 0.25) is 10.0 Å². The lowest BCUT2D eigenvalue weighted by Gasteiger charge is -2.04. The van der Waals surface area contributed by atoms with Crippen LogP contribution in [0.4, 0.5) is 5.69 Å². The highest BCUT2D eigenvalue weighted by Crippen LogP contribution is 2.15. The Morgan fingerprint density at radius 1 is 1.44 bits per heavy atom. The molecule has 0 aromatic heterocycles. The van der Waals surface area contributed by atoms with Crippen molar-refractivity contribution in [1.29, 1.82) is 0 Å². The Kier molecular flexibility index (Phi) is 4.52. The van der Waals surface area contributed by atoms with Gasteiger partial charge in [0.25, 0.3) is 0 Å². The van der Waals surface area contributed by atoms with Crippen molar-refractivity contribution in [3.05, 3.63) is 36.9 Å². The highest BCUT2D eigenvalue weighted by Gasteiger charge is 2.11. The highest BCUT2D eigenvalue weighted by molar-refractivity contribution is 7.89. The Morgan fingerprint density at radius 3 is 2.56 bits per heavy atom. The van der Waals surface area contributed by atoms with Crippen molar-refractivity contribution in [3.63, 3.8) is 0 Å². The van der Waals surface area contributed by atoms with Gasteiger partial charge < -0.3 is 0 Å². The number of nitrogens with one attached hydrogen (secondary N) is 1. The summed E-state index contributed by atoms with van der Waals surface area (Å²) in [6.45, 7) is 3.63. The molecule has 4 nitrogen and oxygen atoms in total. The Balaban J connectivity index is 2.96. The van der Waals surface area contributed by atoms with E-state index in [4.69, 9.17) is 0 Å². The van der Waals surface area contributed by atoms with Gasteiger partial charge in [0.05, 0.1) is 15.7 Å². The van der Waals surface area contributed by atoms with E-state index in [1.54, 1.807) is 12.1 Å². The van der Waals surface area contributed by atoms with E-state index in [1.165, 1.54) is 18.2 Å². The molecule has 1 aromatic carbocycles. The number of rotatable bonds is 5. The fourth-order valence-corrected chi connectivity index (χ4v) is 2.11. The van der Waals surface area contributed by atoms with E-state index < -0.39 is 10.0 Å². The topological polar surface area (TPSA) is 58.5 Å². The summed E-state index contributed by atoms with van der Waals surface area (Å²) in [4.78, 5) is 3.90. The van der Waals surface area contributed by atoms with E-state index in [2.05, 4.69) is 33.7 Å². The molecule has 0 aliphatic carbocycles. The van der Waals surface area contributed by atoms with E-state index >= 15 is 0 Å². The van der Waals surface area contributed by atoms with Crippen LogP contribution in [0.25, 0.3) is 0 Å². The van der Waals surface area contributed by atoms with Gasteiger partial charge in [-0.15, -0.1) is 6.58 Å². The van der Waals surface area contributed by atoms with Crippen LogP contribution in [0.5, 0.6) is 0 Å². The van der Waals surface area contributed by atoms with Gasteiger partial charge in [-0.3, -0.25) is 0 Å². The second kappa shape index (κ2) is 5.67. The van der Waals surface area contributed by atoms with Crippen LogP contribution in [-0.2, 0) is 10.0 Å². The van der Waals surface area contributed by atoms with E-state index in [9.17, 15) is 8.42 Å². The molecule has 0 aliphatic heterocycles. The third-order valence-electron chi connectivity index (χ3n) is 1.74. The van der Waals surface area contributed by atoms with Gasteiger partial charge in [0.15, 0.2) is 0 Å². The van der Waals surface area contributed by atoms with Gasteiger partial charge in [-0.25, -0.2) is 13.1 Å². The van der Waals surface area contributed by atoms with Gasteiger partial charge in [0.1, 0.15) is 0 Å². The number of aliphatic imine (C=N–C) groups is 1. The zero-order valence-corrected chi connectivity index (χ0v) is 10.0. The van der Waals surface area contributed by atoms with Gasteiger partial charge in [-0.05, 0) is 36.5 Å². The lowest BCUT2D eigenvalue weighted by molar-refractivity contribution is 0.585. The third kappa shape index (κ3) is 3.36. The molecule has 16 heavy (non-hydrogen) atoms. The molecule has 6 heteroatoms. The van der Waals surface area contributed by atoms with Crippen LogP contribution >= 0.6 is 12.2 Å². The summed E-state index contributed by atoms with van der Waals surface area (Å²) in [5.74, 6) is 0. The van der Waals surface area contributed by atoms with Crippen LogP contribution in [0.3, 0.4) is 0 Å². The van der Waals surface area contributed by atoms with E-state index in [0.717, 1.165) is 0 Å². The first-order valence-electron chi connectivity index (χ1n) is 4.38. The normalized spacial score (nSPS) is 10.5. The van der Waals surface area contributed by atoms with Gasteiger partial charge in [-0.1, -0.05) is 6.08 Å². The summed E-state index contributed by atoms with van der Waals surface area (Å²) in [5.41, 5.74) is 0.567. The van der Waals surface area contributed by atoms with Crippen LogP contribution in [0, 0.1) is 0 Å². The first-order chi connectivity index (χ1) is 7.60. The fourth-order valence-electron chi connectivity index (χ4n) is 1.00. The van der Waals surface area contributed by atoms with Crippen molar-refractivity contribution < 1.29 is 8.42 Å². The Morgan fingerprint density at radius 2 is 2.06 bits per heavy atom. The van der Waals surface area contributed by atoms with Gasteiger partial charge in [-0.2, -0.15) is 4.99 Å². The number of hydrogen-bond donors (Lipinski definition) is 1. The summed E-state index contributed by atoms with van der Waals surface area (Å²) in [6, 6.07) is 6.03. The van der Waals surface area contributed by atoms with Gasteiger partial charge >= 0.3 is 0 Å². The molecule has 0 spiro atoms. The molecule has 0 amide bonds. The van der Waals surface area contributed by atoms with Crippen LogP contribution in [-0.4, -0.2) is 20.1 Å². The number of benzene rings is 1. The number of isothiocyanates is 1. The lowest BCUT2D eigenvalue weighted by atomic mass is 10.3. The van der Waals surface area contributed by atoms with Crippen LogP contribution < -0.4 is 4.72 Å². The van der Waals surface area contributed by atoms with E-state index in [0.29, 0.717) is 5.69 Å². The summed E-state index contributed by atoms with van der Waals surface area (Å²) in [6.07, 6.45) is 1.47. The predicted molar refractivity (Wildman–Crippen MR) is 66.5 cm³/mol. The maximum Gasteiger partial charge on any atom is 0.240 e. The van der Waals surface area contributed by atoms with Crippen molar-refractivity contribution in [1.82, 2.24) is 4.72 Å². The van der Waals surface area contributed by atoms with Crippen LogP contribution in [0.15, 0.2) is 46.8 Å². The van der Waals surface area contributed by atoms with Crippen molar-refractivity contribution in [2.24, 2.45) is 4.99 Å². The number of thiocarbonyl (C=S) groups is 1. The molecule has 0 saturated carbocycles. The quantitative estimate of drug-likeness (QED) is 0.496. The second-order valence-corrected chi connectivity index (χ2v) is 4.79. The minimum absolute atomic E-state index is 0.178. The molecule has 0 atom stereocenters. The Labute approximate surface area is 99.8 Å². The molecule has 1 aromatic rings. The minimum Gasteiger partial charge on any atom is -0.207 e. The van der Waals surface area contributed by atoms with Crippen molar-refractivity contribution in [2.45, 2.75) is 4.90 Å². The molecule has 0 unspecified atom stereocenters. The maximum atomic E-state index is 11.6. The molecule has 1 rings (SSSR count). The molecule has 0 saturated heterocycles. The smallest absolute Gasteiger partial charge is 0.207 e. The monoisotopic (exact) mass is 254 g/mol. The molecular formula is C10H10N2O2S2. The fraction of sp³-hybridized carbons (Fsp3) is 0.100. The summed E-state index contributed by atoms with van der Waals surface area (Å²) in [5, 5.41) is 2.21. The predicted octanol–water partition coefficient (Wildman–Crippen LogP) is 1.89. The number of nitrogens with zero attached hydrogens (tertiary/aromatic N) is 1. The first-order valence-corrected chi connectivity index (χ1v) is 6.28. The Hall–Kier alpha value is -1.33. The average Bonchev–Trinajstić information content (AvgIpc) is 2.28. The first kappa shape index (κ1) is 12.7. The summed E-state index contributed by atoms with van der Waals surface area (Å²) < 4.78 is 25.6. The molecule has 0 heterocycles. The second-order valence-electron chi connectivity index (χ2n) is 2.84. The van der Waals surface area contributed by atoms with Crippen molar-refractivity contribution >= 4 is 33.1 Å². The molecule has 0 bridgehead atoms. The highest BCUT2D eigenvalue weighted by atomic mass is 32.2. The number of sulfonamides is 1. The van der Waals surface area contributed by atoms with E-state index in [1.807, 2.05) is 0 Å². The molecule has 0 fully saturated rings. The third-order valence-corrected chi connectivity index (χ3v) is 3.27.